The molecule has 3 aromatic rings. The first-order valence-electron chi connectivity index (χ1n) is 10.4. The molecule has 8 heteroatoms. The number of benzene rings is 2. The summed E-state index contributed by atoms with van der Waals surface area (Å²) >= 11 is 0. The van der Waals surface area contributed by atoms with Crippen molar-refractivity contribution in [3.63, 3.8) is 0 Å². The van der Waals surface area contributed by atoms with Gasteiger partial charge in [-0.2, -0.15) is 4.31 Å². The summed E-state index contributed by atoms with van der Waals surface area (Å²) < 4.78 is 33.2. The molecule has 1 aliphatic rings. The highest BCUT2D eigenvalue weighted by Crippen LogP contribution is 2.27. The SMILES string of the molecule is COc1ccc(CN(CC(=O)N2CCCc3ccccc32)S(=O)(=O)c2cccnc2)cc1. The molecule has 0 aliphatic carbocycles. The van der Waals surface area contributed by atoms with Gasteiger partial charge in [-0.05, 0) is 54.3 Å². The predicted octanol–water partition coefficient (Wildman–Crippen LogP) is 3.26. The average Bonchev–Trinajstić information content (AvgIpc) is 2.84. The van der Waals surface area contributed by atoms with Crippen LogP contribution < -0.4 is 9.64 Å². The van der Waals surface area contributed by atoms with Crippen molar-refractivity contribution in [2.75, 3.05) is 25.1 Å². The number of aromatic nitrogens is 1. The largest absolute Gasteiger partial charge is 0.497 e. The molecule has 4 rings (SSSR count). The van der Waals surface area contributed by atoms with E-state index < -0.39 is 10.0 Å². The lowest BCUT2D eigenvalue weighted by molar-refractivity contribution is -0.119. The number of amides is 1. The number of rotatable bonds is 7. The molecule has 1 aliphatic heterocycles. The van der Waals surface area contributed by atoms with Gasteiger partial charge in [-0.1, -0.05) is 30.3 Å². The van der Waals surface area contributed by atoms with Crippen LogP contribution in [-0.2, 0) is 27.8 Å². The Morgan fingerprint density at radius 1 is 1.09 bits per heavy atom. The van der Waals surface area contributed by atoms with Gasteiger partial charge in [-0.3, -0.25) is 9.78 Å². The van der Waals surface area contributed by atoms with Crippen LogP contribution in [0.2, 0.25) is 0 Å². The number of ether oxygens (including phenoxy) is 1. The smallest absolute Gasteiger partial charge is 0.245 e. The van der Waals surface area contributed by atoms with Crippen molar-refractivity contribution < 1.29 is 17.9 Å². The van der Waals surface area contributed by atoms with Gasteiger partial charge in [-0.25, -0.2) is 8.42 Å². The topological polar surface area (TPSA) is 79.8 Å². The minimum Gasteiger partial charge on any atom is -0.497 e. The Kier molecular flexibility index (Phi) is 6.53. The van der Waals surface area contributed by atoms with Crippen LogP contribution in [0.4, 0.5) is 5.69 Å². The number of sulfonamides is 1. The number of pyridine rings is 1. The quantitative estimate of drug-likeness (QED) is 0.551. The molecule has 0 atom stereocenters. The third-order valence-electron chi connectivity index (χ3n) is 5.51. The normalized spacial score (nSPS) is 13.6. The number of carbonyl (C=O) groups is 1. The second-order valence-corrected chi connectivity index (χ2v) is 9.53. The molecule has 0 spiro atoms. The summed E-state index contributed by atoms with van der Waals surface area (Å²) in [6, 6.07) is 18.0. The summed E-state index contributed by atoms with van der Waals surface area (Å²) in [6.45, 7) is 0.360. The van der Waals surface area contributed by atoms with Gasteiger partial charge in [0.1, 0.15) is 10.6 Å². The van der Waals surface area contributed by atoms with E-state index in [1.807, 2.05) is 24.3 Å². The van der Waals surface area contributed by atoms with E-state index in [4.69, 9.17) is 4.74 Å². The summed E-state index contributed by atoms with van der Waals surface area (Å²) in [7, 11) is -2.36. The Morgan fingerprint density at radius 2 is 1.88 bits per heavy atom. The van der Waals surface area contributed by atoms with Gasteiger partial charge in [0.05, 0.1) is 13.7 Å². The zero-order valence-corrected chi connectivity index (χ0v) is 18.7. The average molecular weight is 452 g/mol. The Labute approximate surface area is 188 Å². The fourth-order valence-electron chi connectivity index (χ4n) is 3.84. The van der Waals surface area contributed by atoms with Crippen molar-refractivity contribution in [2.24, 2.45) is 0 Å². The third-order valence-corrected chi connectivity index (χ3v) is 7.29. The minimum absolute atomic E-state index is 0.0559. The van der Waals surface area contributed by atoms with Crippen molar-refractivity contribution >= 4 is 21.6 Å². The molecule has 0 N–H and O–H groups in total. The zero-order chi connectivity index (χ0) is 22.6. The van der Waals surface area contributed by atoms with Crippen LogP contribution in [0.25, 0.3) is 0 Å². The summed E-state index contributed by atoms with van der Waals surface area (Å²) in [5.74, 6) is 0.426. The predicted molar refractivity (Wildman–Crippen MR) is 122 cm³/mol. The summed E-state index contributed by atoms with van der Waals surface area (Å²) in [4.78, 5) is 19.0. The molecule has 2 heterocycles. The van der Waals surface area contributed by atoms with E-state index in [0.717, 1.165) is 29.7 Å². The van der Waals surface area contributed by atoms with Crippen molar-refractivity contribution in [1.82, 2.24) is 9.29 Å². The Hall–Kier alpha value is -3.23. The molecule has 0 fully saturated rings. The van der Waals surface area contributed by atoms with Gasteiger partial charge >= 0.3 is 0 Å². The molecular weight excluding hydrogens is 426 g/mol. The van der Waals surface area contributed by atoms with E-state index in [2.05, 4.69) is 4.98 Å². The van der Waals surface area contributed by atoms with Crippen LogP contribution in [0, 0.1) is 0 Å². The van der Waals surface area contributed by atoms with Gasteiger partial charge in [0, 0.05) is 31.2 Å². The maximum Gasteiger partial charge on any atom is 0.245 e. The van der Waals surface area contributed by atoms with E-state index in [0.29, 0.717) is 12.3 Å². The van der Waals surface area contributed by atoms with E-state index in [9.17, 15) is 13.2 Å². The molecule has 1 aromatic heterocycles. The highest BCUT2D eigenvalue weighted by atomic mass is 32.2. The molecule has 1 amide bonds. The molecule has 0 saturated carbocycles. The second-order valence-electron chi connectivity index (χ2n) is 7.59. The number of hydrogen-bond donors (Lipinski definition) is 0. The fraction of sp³-hybridized carbons (Fsp3) is 0.250. The standard InChI is InChI=1S/C24H25N3O4S/c1-31-21-12-10-19(11-13-21)17-26(32(29,30)22-8-4-14-25-16-22)18-24(28)27-15-5-7-20-6-2-3-9-23(20)27/h2-4,6,8-14,16H,5,7,15,17-18H2,1H3. The van der Waals surface area contributed by atoms with Crippen molar-refractivity contribution in [3.05, 3.63) is 84.2 Å². The van der Waals surface area contributed by atoms with Crippen molar-refractivity contribution in [2.45, 2.75) is 24.3 Å². The monoisotopic (exact) mass is 451 g/mol. The van der Waals surface area contributed by atoms with Crippen LogP contribution in [0.1, 0.15) is 17.5 Å². The Morgan fingerprint density at radius 3 is 2.59 bits per heavy atom. The number of anilines is 1. The van der Waals surface area contributed by atoms with Gasteiger partial charge < -0.3 is 9.64 Å². The van der Waals surface area contributed by atoms with Crippen LogP contribution in [0.5, 0.6) is 5.75 Å². The van der Waals surface area contributed by atoms with Gasteiger partial charge in [0.25, 0.3) is 0 Å². The number of fused-ring (bicyclic) bond motifs is 1. The van der Waals surface area contributed by atoms with Gasteiger partial charge in [0.15, 0.2) is 0 Å². The van der Waals surface area contributed by atoms with E-state index in [1.165, 1.54) is 22.8 Å². The summed E-state index contributed by atoms with van der Waals surface area (Å²) in [5, 5.41) is 0. The highest BCUT2D eigenvalue weighted by Gasteiger charge is 2.30. The van der Waals surface area contributed by atoms with E-state index in [-0.39, 0.29) is 23.9 Å². The van der Waals surface area contributed by atoms with Gasteiger partial charge in [0.2, 0.25) is 15.9 Å². The first-order valence-corrected chi connectivity index (χ1v) is 11.8. The summed E-state index contributed by atoms with van der Waals surface area (Å²) in [5.41, 5.74) is 2.71. The zero-order valence-electron chi connectivity index (χ0n) is 17.8. The Bertz CT molecular complexity index is 1180. The first kappa shape index (κ1) is 22.0. The van der Waals surface area contributed by atoms with Crippen LogP contribution in [0.3, 0.4) is 0 Å². The summed E-state index contributed by atoms with van der Waals surface area (Å²) in [6.07, 6.45) is 4.57. The molecule has 7 nitrogen and oxygen atoms in total. The lowest BCUT2D eigenvalue weighted by Crippen LogP contribution is -2.44. The highest BCUT2D eigenvalue weighted by molar-refractivity contribution is 7.89. The van der Waals surface area contributed by atoms with E-state index in [1.54, 1.807) is 42.3 Å². The van der Waals surface area contributed by atoms with Crippen molar-refractivity contribution in [3.8, 4) is 5.75 Å². The fourth-order valence-corrected chi connectivity index (χ4v) is 5.18. The third kappa shape index (κ3) is 4.66. The molecule has 2 aromatic carbocycles. The molecule has 32 heavy (non-hydrogen) atoms. The maximum atomic E-state index is 13.4. The maximum absolute atomic E-state index is 13.4. The second kappa shape index (κ2) is 9.50. The van der Waals surface area contributed by atoms with Crippen LogP contribution in [0.15, 0.2) is 78.0 Å². The lowest BCUT2D eigenvalue weighted by Gasteiger charge is -2.31. The minimum atomic E-state index is -3.93. The number of nitrogens with zero attached hydrogens (tertiary/aromatic N) is 3. The molecule has 0 radical (unpaired) electrons. The number of carbonyl (C=O) groups excluding carboxylic acids is 1. The van der Waals surface area contributed by atoms with Crippen LogP contribution >= 0.6 is 0 Å². The molecule has 0 saturated heterocycles. The Balaban J connectivity index is 1.64. The first-order chi connectivity index (χ1) is 15.5. The van der Waals surface area contributed by atoms with E-state index >= 15 is 0 Å². The number of aryl methyl sites for hydroxylation is 1. The van der Waals surface area contributed by atoms with Crippen molar-refractivity contribution in [1.29, 1.82) is 0 Å². The molecular formula is C24H25N3O4S. The molecule has 166 valence electrons. The number of hydrogen-bond acceptors (Lipinski definition) is 5. The molecule has 0 unspecified atom stereocenters. The molecule has 0 bridgehead atoms. The van der Waals surface area contributed by atoms with Gasteiger partial charge in [-0.15, -0.1) is 0 Å². The lowest BCUT2D eigenvalue weighted by atomic mass is 10.0. The van der Waals surface area contributed by atoms with Crippen LogP contribution in [-0.4, -0.2) is 43.8 Å². The number of para-hydroxylation sites is 1. The number of methoxy groups -OCH3 is 1.